The predicted octanol–water partition coefficient (Wildman–Crippen LogP) is 5.10. The number of amides is 1. The van der Waals surface area contributed by atoms with E-state index < -0.39 is 36.4 Å². The maximum atomic E-state index is 15.6. The summed E-state index contributed by atoms with van der Waals surface area (Å²) in [5.74, 6) is 0.119. The quantitative estimate of drug-likeness (QED) is 0.659. The summed E-state index contributed by atoms with van der Waals surface area (Å²) < 4.78 is 46.7. The van der Waals surface area contributed by atoms with E-state index in [1.54, 1.807) is 49.8 Å². The first-order valence-corrected chi connectivity index (χ1v) is 11.3. The fraction of sp³-hybridized carbons (Fsp3) is 0.542. The molecule has 0 radical (unpaired) electrons. The third-order valence-electron chi connectivity index (χ3n) is 6.46. The van der Waals surface area contributed by atoms with Gasteiger partial charge in [-0.3, -0.25) is 4.90 Å². The number of carbonyl (C=O) groups excluding carboxylic acids is 1. The number of ether oxygens (including phenoxy) is 1. The molecule has 7 nitrogen and oxygen atoms in total. The topological polar surface area (TPSA) is 78.8 Å². The van der Waals surface area contributed by atoms with Crippen LogP contribution in [0.15, 0.2) is 30.3 Å². The highest BCUT2D eigenvalue weighted by Gasteiger charge is 2.52. The Kier molecular flexibility index (Phi) is 6.35. The minimum absolute atomic E-state index is 0.114. The van der Waals surface area contributed by atoms with Crippen LogP contribution in [0.25, 0.3) is 11.3 Å². The van der Waals surface area contributed by atoms with Gasteiger partial charge in [0.05, 0.1) is 17.8 Å². The Labute approximate surface area is 196 Å². The maximum Gasteiger partial charge on any atom is 0.410 e. The van der Waals surface area contributed by atoms with Crippen LogP contribution < -0.4 is 4.90 Å². The summed E-state index contributed by atoms with van der Waals surface area (Å²) >= 11 is 0. The predicted molar refractivity (Wildman–Crippen MR) is 121 cm³/mol. The van der Waals surface area contributed by atoms with Crippen molar-refractivity contribution >= 4 is 11.9 Å². The zero-order valence-corrected chi connectivity index (χ0v) is 19.6. The minimum atomic E-state index is -2.69. The lowest BCUT2D eigenvalue weighted by atomic mass is 9.94. The van der Waals surface area contributed by atoms with Crippen molar-refractivity contribution in [1.29, 1.82) is 0 Å². The number of carbonyl (C=O) groups is 1. The van der Waals surface area contributed by atoms with Crippen LogP contribution in [0.2, 0.25) is 0 Å². The van der Waals surface area contributed by atoms with Crippen LogP contribution in [0.3, 0.4) is 0 Å². The first-order valence-electron chi connectivity index (χ1n) is 11.3. The van der Waals surface area contributed by atoms with Crippen LogP contribution in [-0.2, 0) is 4.74 Å². The SMILES string of the molecule is CN(c1ccc(-c2ccc(C(F)F)cc2O)nn1)[C@H]1C[C@@H]2CC[C@H]([C@H]1F)N2C(=O)OC(C)(C)C. The number of phenols is 1. The van der Waals surface area contributed by atoms with Gasteiger partial charge in [-0.2, -0.15) is 0 Å². The van der Waals surface area contributed by atoms with Crippen LogP contribution >= 0.6 is 0 Å². The highest BCUT2D eigenvalue weighted by Crippen LogP contribution is 2.41. The number of rotatable bonds is 4. The van der Waals surface area contributed by atoms with E-state index in [9.17, 15) is 18.7 Å². The standard InChI is InChI=1S/C24H29F3N4O3/c1-24(2,3)34-23(33)31-14-6-9-17(31)21(25)18(12-14)30(4)20-10-8-16(28-29-20)15-7-5-13(22(26)27)11-19(15)32/h5,7-8,10-11,14,17-18,21-22,32H,6,9,12H2,1-4H3/t14-,17+,18-,21+/m0/s1. The van der Waals surface area contributed by atoms with E-state index in [4.69, 9.17) is 4.74 Å². The molecule has 0 spiro atoms. The van der Waals surface area contributed by atoms with E-state index in [0.29, 0.717) is 30.8 Å². The molecule has 4 atom stereocenters. The van der Waals surface area contributed by atoms with Gasteiger partial charge >= 0.3 is 6.09 Å². The van der Waals surface area contributed by atoms with Gasteiger partial charge in [0.2, 0.25) is 0 Å². The van der Waals surface area contributed by atoms with E-state index in [0.717, 1.165) is 6.07 Å². The number of halogens is 3. The van der Waals surface area contributed by atoms with E-state index in [-0.39, 0.29) is 22.9 Å². The Morgan fingerprint density at radius 1 is 1.21 bits per heavy atom. The van der Waals surface area contributed by atoms with Crippen LogP contribution in [0.5, 0.6) is 5.75 Å². The van der Waals surface area contributed by atoms with Gasteiger partial charge in [-0.15, -0.1) is 10.2 Å². The Hall–Kier alpha value is -3.04. The summed E-state index contributed by atoms with van der Waals surface area (Å²) in [6.45, 7) is 5.36. The first-order chi connectivity index (χ1) is 16.0. The normalized spacial score (nSPS) is 24.4. The molecule has 1 N–H and O–H groups in total. The molecule has 1 amide bonds. The molecule has 0 unspecified atom stereocenters. The Morgan fingerprint density at radius 3 is 2.53 bits per heavy atom. The molecule has 184 valence electrons. The molecule has 3 heterocycles. The van der Waals surface area contributed by atoms with Crippen LogP contribution in [-0.4, -0.2) is 63.2 Å². The van der Waals surface area contributed by atoms with Crippen LogP contribution in [0.4, 0.5) is 23.8 Å². The van der Waals surface area contributed by atoms with Crippen molar-refractivity contribution in [3.8, 4) is 17.0 Å². The second-order valence-electron chi connectivity index (χ2n) is 9.90. The molecule has 2 fully saturated rings. The molecule has 2 saturated heterocycles. The van der Waals surface area contributed by atoms with Crippen molar-refractivity contribution in [2.45, 2.75) is 76.4 Å². The minimum Gasteiger partial charge on any atom is -0.507 e. The lowest BCUT2D eigenvalue weighted by molar-refractivity contribution is -0.0104. The molecule has 4 rings (SSSR count). The molecule has 0 saturated carbocycles. The van der Waals surface area contributed by atoms with E-state index in [1.807, 2.05) is 0 Å². The number of aromatic hydroxyl groups is 1. The van der Waals surface area contributed by atoms with Crippen molar-refractivity contribution in [2.24, 2.45) is 0 Å². The van der Waals surface area contributed by atoms with Gasteiger partial charge < -0.3 is 14.7 Å². The Bertz CT molecular complexity index is 1040. The van der Waals surface area contributed by atoms with Gasteiger partial charge in [-0.25, -0.2) is 18.0 Å². The molecule has 2 bridgehead atoms. The molecule has 2 aromatic rings. The van der Waals surface area contributed by atoms with Crippen LogP contribution in [0.1, 0.15) is 52.0 Å². The monoisotopic (exact) mass is 478 g/mol. The molecular weight excluding hydrogens is 449 g/mol. The molecule has 1 aromatic carbocycles. The summed E-state index contributed by atoms with van der Waals surface area (Å²) in [5.41, 5.74) is -0.348. The summed E-state index contributed by atoms with van der Waals surface area (Å²) in [6.07, 6.45) is -2.73. The average molecular weight is 479 g/mol. The van der Waals surface area contributed by atoms with Crippen molar-refractivity contribution < 1.29 is 27.8 Å². The van der Waals surface area contributed by atoms with Crippen molar-refractivity contribution in [3.63, 3.8) is 0 Å². The second kappa shape index (κ2) is 8.96. The van der Waals surface area contributed by atoms with Crippen molar-refractivity contribution in [1.82, 2.24) is 15.1 Å². The van der Waals surface area contributed by atoms with Crippen LogP contribution in [0, 0.1) is 0 Å². The molecule has 0 aliphatic carbocycles. The molecule has 2 aliphatic heterocycles. The van der Waals surface area contributed by atoms with Gasteiger partial charge in [0.1, 0.15) is 17.5 Å². The number of piperidine rings is 1. The summed E-state index contributed by atoms with van der Waals surface area (Å²) in [4.78, 5) is 15.9. The highest BCUT2D eigenvalue weighted by atomic mass is 19.3. The Balaban J connectivity index is 1.49. The van der Waals surface area contributed by atoms with Gasteiger partial charge in [0.25, 0.3) is 6.43 Å². The molecular formula is C24H29F3N4O3. The number of hydrogen-bond acceptors (Lipinski definition) is 6. The summed E-state index contributed by atoms with van der Waals surface area (Å²) in [6, 6.07) is 5.69. The molecule has 34 heavy (non-hydrogen) atoms. The lowest BCUT2D eigenvalue weighted by Crippen LogP contribution is -2.59. The van der Waals surface area contributed by atoms with E-state index in [1.165, 1.54) is 12.1 Å². The zero-order valence-electron chi connectivity index (χ0n) is 19.6. The van der Waals surface area contributed by atoms with Gasteiger partial charge in [-0.1, -0.05) is 6.07 Å². The second-order valence-corrected chi connectivity index (χ2v) is 9.90. The highest BCUT2D eigenvalue weighted by molar-refractivity contribution is 5.70. The van der Waals surface area contributed by atoms with Gasteiger partial charge in [0.15, 0.2) is 5.82 Å². The fourth-order valence-corrected chi connectivity index (χ4v) is 4.82. The van der Waals surface area contributed by atoms with Gasteiger partial charge in [0, 0.05) is 24.2 Å². The number of alkyl halides is 3. The first kappa shape index (κ1) is 24.1. The van der Waals surface area contributed by atoms with E-state index >= 15 is 4.39 Å². The molecule has 1 aromatic heterocycles. The van der Waals surface area contributed by atoms with E-state index in [2.05, 4.69) is 10.2 Å². The number of hydrogen-bond donors (Lipinski definition) is 1. The third kappa shape index (κ3) is 4.63. The maximum absolute atomic E-state index is 15.6. The average Bonchev–Trinajstić information content (AvgIpc) is 3.12. The number of nitrogens with zero attached hydrogens (tertiary/aromatic N) is 4. The number of phenolic OH excluding ortho intramolecular Hbond substituents is 1. The summed E-state index contributed by atoms with van der Waals surface area (Å²) in [5, 5.41) is 18.4. The van der Waals surface area contributed by atoms with Gasteiger partial charge in [-0.05, 0) is 64.3 Å². The number of anilines is 1. The molecule has 2 aliphatic rings. The summed E-state index contributed by atoms with van der Waals surface area (Å²) in [7, 11) is 1.73. The number of aromatic nitrogens is 2. The van der Waals surface area contributed by atoms with Crippen molar-refractivity contribution in [3.05, 3.63) is 35.9 Å². The molecule has 10 heteroatoms. The lowest BCUT2D eigenvalue weighted by Gasteiger charge is -2.44. The Morgan fingerprint density at radius 2 is 1.94 bits per heavy atom. The zero-order chi connectivity index (χ0) is 24.8. The number of benzene rings is 1. The van der Waals surface area contributed by atoms with Crippen molar-refractivity contribution in [2.75, 3.05) is 11.9 Å². The smallest absolute Gasteiger partial charge is 0.410 e. The largest absolute Gasteiger partial charge is 0.507 e. The third-order valence-corrected chi connectivity index (χ3v) is 6.46. The fourth-order valence-electron chi connectivity index (χ4n) is 4.82. The number of fused-ring (bicyclic) bond motifs is 2.